The van der Waals surface area contributed by atoms with Gasteiger partial charge in [0.15, 0.2) is 5.75 Å². The van der Waals surface area contributed by atoms with Crippen molar-refractivity contribution in [1.29, 1.82) is 0 Å². The Morgan fingerprint density at radius 2 is 2.00 bits per heavy atom. The van der Waals surface area contributed by atoms with Gasteiger partial charge in [-0.2, -0.15) is 0 Å². The number of likely N-dealkylation sites (N-methyl/N-ethyl adjacent to an activating group) is 1. The molecule has 1 aromatic rings. The topological polar surface area (TPSA) is 44.8 Å². The van der Waals surface area contributed by atoms with Crippen molar-refractivity contribution in [1.82, 2.24) is 9.80 Å². The van der Waals surface area contributed by atoms with E-state index in [-0.39, 0.29) is 30.9 Å². The van der Waals surface area contributed by atoms with Crippen LogP contribution in [0.15, 0.2) is 18.2 Å². The lowest BCUT2D eigenvalue weighted by Gasteiger charge is -2.17. The molecule has 1 heterocycles. The number of hydrogen-bond donors (Lipinski definition) is 1. The van der Waals surface area contributed by atoms with Crippen LogP contribution in [0.2, 0.25) is 0 Å². The van der Waals surface area contributed by atoms with Gasteiger partial charge in [-0.05, 0) is 32.6 Å². The normalized spacial score (nSPS) is 15.2. The van der Waals surface area contributed by atoms with Crippen LogP contribution in [0.5, 0.6) is 5.75 Å². The molecule has 1 aliphatic heterocycles. The highest BCUT2D eigenvalue weighted by molar-refractivity contribution is 5.85. The summed E-state index contributed by atoms with van der Waals surface area (Å²) in [7, 11) is 5.87. The number of halogens is 2. The Balaban J connectivity index is 0.00000220. The van der Waals surface area contributed by atoms with Crippen LogP contribution in [-0.2, 0) is 0 Å². The molecule has 1 atom stereocenters. The van der Waals surface area contributed by atoms with Gasteiger partial charge in [0, 0.05) is 32.6 Å². The first-order valence-corrected chi connectivity index (χ1v) is 6.97. The first kappa shape index (κ1) is 20.8. The molecule has 0 aliphatic carbocycles. The third-order valence-corrected chi connectivity index (χ3v) is 3.59. The number of anilines is 1. The van der Waals surface area contributed by atoms with Gasteiger partial charge in [0.05, 0.1) is 5.69 Å². The zero-order chi connectivity index (χ0) is 14.7. The van der Waals surface area contributed by atoms with Crippen LogP contribution < -0.4 is 10.1 Å². The van der Waals surface area contributed by atoms with Gasteiger partial charge in [-0.3, -0.25) is 0 Å². The van der Waals surface area contributed by atoms with E-state index in [0.29, 0.717) is 18.2 Å². The minimum absolute atomic E-state index is 0. The molecule has 0 saturated carbocycles. The maximum absolute atomic E-state index is 11.9. The number of nitrogens with one attached hydrogen (secondary N) is 1. The molecule has 1 amide bonds. The lowest BCUT2D eigenvalue weighted by Crippen LogP contribution is -2.29. The summed E-state index contributed by atoms with van der Waals surface area (Å²) in [5.74, 6) is 1.05. The van der Waals surface area contributed by atoms with Crippen molar-refractivity contribution in [2.75, 3.05) is 46.1 Å². The monoisotopic (exact) mass is 349 g/mol. The van der Waals surface area contributed by atoms with E-state index in [0.717, 1.165) is 18.8 Å². The lowest BCUT2D eigenvalue weighted by atomic mass is 10.0. The highest BCUT2D eigenvalue weighted by atomic mass is 35.5. The highest BCUT2D eigenvalue weighted by Crippen LogP contribution is 2.38. The summed E-state index contributed by atoms with van der Waals surface area (Å²) < 4.78 is 5.47. The molecule has 1 aliphatic rings. The van der Waals surface area contributed by atoms with E-state index in [1.54, 1.807) is 11.9 Å². The van der Waals surface area contributed by atoms with Crippen molar-refractivity contribution >= 4 is 36.6 Å². The molecular formula is C15H25Cl2N3O2. The van der Waals surface area contributed by atoms with E-state index >= 15 is 0 Å². The number of fused-ring (bicyclic) bond motifs is 1. The molecule has 0 spiro atoms. The molecule has 2 rings (SSSR count). The molecule has 0 radical (unpaired) electrons. The zero-order valence-corrected chi connectivity index (χ0v) is 15.1. The summed E-state index contributed by atoms with van der Waals surface area (Å²) in [6.07, 6.45) is -0.321. The number of ether oxygens (including phenoxy) is 1. The Morgan fingerprint density at radius 1 is 1.32 bits per heavy atom. The maximum atomic E-state index is 11.9. The fourth-order valence-electron chi connectivity index (χ4n) is 2.40. The van der Waals surface area contributed by atoms with Gasteiger partial charge in [-0.25, -0.2) is 4.79 Å². The fraction of sp³-hybridized carbons (Fsp3) is 0.533. The van der Waals surface area contributed by atoms with E-state index < -0.39 is 0 Å². The average Bonchev–Trinajstić information content (AvgIpc) is 2.81. The van der Waals surface area contributed by atoms with Crippen molar-refractivity contribution in [2.45, 2.75) is 12.8 Å². The summed E-state index contributed by atoms with van der Waals surface area (Å²) in [4.78, 5) is 15.6. The van der Waals surface area contributed by atoms with Crippen molar-refractivity contribution < 1.29 is 9.53 Å². The van der Waals surface area contributed by atoms with E-state index in [1.165, 1.54) is 5.56 Å². The van der Waals surface area contributed by atoms with Crippen LogP contribution in [0, 0.1) is 0 Å². The Morgan fingerprint density at radius 3 is 2.59 bits per heavy atom. The number of hydrogen-bond acceptors (Lipinski definition) is 4. The molecule has 1 N–H and O–H groups in total. The number of amides is 1. The summed E-state index contributed by atoms with van der Waals surface area (Å²) in [6.45, 7) is 4.41. The number of carbonyl (C=O) groups excluding carboxylic acids is 1. The van der Waals surface area contributed by atoms with Crippen molar-refractivity contribution in [3.8, 4) is 5.75 Å². The number of rotatable bonds is 4. The molecule has 1 aromatic carbocycles. The smallest absolute Gasteiger partial charge is 0.408 e. The third kappa shape index (κ3) is 4.66. The van der Waals surface area contributed by atoms with E-state index in [4.69, 9.17) is 4.74 Å². The highest BCUT2D eigenvalue weighted by Gasteiger charge is 2.26. The summed E-state index contributed by atoms with van der Waals surface area (Å²) >= 11 is 0. The first-order valence-electron chi connectivity index (χ1n) is 6.97. The molecule has 22 heavy (non-hydrogen) atoms. The van der Waals surface area contributed by atoms with Gasteiger partial charge < -0.3 is 19.9 Å². The van der Waals surface area contributed by atoms with Gasteiger partial charge in [0.2, 0.25) is 0 Å². The third-order valence-electron chi connectivity index (χ3n) is 3.59. The second-order valence-electron chi connectivity index (χ2n) is 5.44. The van der Waals surface area contributed by atoms with Crippen LogP contribution in [-0.4, -0.2) is 56.7 Å². The maximum Gasteiger partial charge on any atom is 0.415 e. The average molecular weight is 350 g/mol. The van der Waals surface area contributed by atoms with Gasteiger partial charge in [-0.1, -0.05) is 12.1 Å². The second kappa shape index (κ2) is 9.08. The molecule has 0 fully saturated rings. The summed E-state index contributed by atoms with van der Waals surface area (Å²) in [5.41, 5.74) is 2.18. The van der Waals surface area contributed by atoms with Crippen LogP contribution in [0.3, 0.4) is 0 Å². The second-order valence-corrected chi connectivity index (χ2v) is 5.44. The first-order chi connectivity index (χ1) is 9.52. The number of para-hydroxylation sites is 1. The van der Waals surface area contributed by atoms with E-state index in [9.17, 15) is 4.79 Å². The summed E-state index contributed by atoms with van der Waals surface area (Å²) in [6, 6.07) is 5.89. The molecule has 7 heteroatoms. The number of benzene rings is 1. The van der Waals surface area contributed by atoms with Gasteiger partial charge in [-0.15, -0.1) is 24.8 Å². The Bertz CT molecular complexity index is 498. The molecule has 126 valence electrons. The predicted octanol–water partition coefficient (Wildman–Crippen LogP) is 3.05. The SMILES string of the molecule is CCN(C)C(=O)Oc1cccc2c1NCC2CN(C)C.Cl.Cl. The minimum atomic E-state index is -0.321. The van der Waals surface area contributed by atoms with Crippen molar-refractivity contribution in [3.63, 3.8) is 0 Å². The van der Waals surface area contributed by atoms with E-state index in [2.05, 4.69) is 30.4 Å². The number of carbonyl (C=O) groups is 1. The van der Waals surface area contributed by atoms with Gasteiger partial charge in [0.25, 0.3) is 0 Å². The Labute approximate surface area is 144 Å². The minimum Gasteiger partial charge on any atom is -0.408 e. The molecule has 1 unspecified atom stereocenters. The largest absolute Gasteiger partial charge is 0.415 e. The standard InChI is InChI=1S/C15H23N3O2.2ClH/c1-5-18(4)15(19)20-13-8-6-7-12-11(10-17(2)3)9-16-14(12)13;;/h6-8,11,16H,5,9-10H2,1-4H3;2*1H. The Hall–Kier alpha value is -1.17. The van der Waals surface area contributed by atoms with Crippen LogP contribution in [0.4, 0.5) is 10.5 Å². The molecule has 0 aromatic heterocycles. The molecule has 5 nitrogen and oxygen atoms in total. The van der Waals surface area contributed by atoms with Crippen LogP contribution in [0.1, 0.15) is 18.4 Å². The Kier molecular flexibility index (Phi) is 8.60. The van der Waals surface area contributed by atoms with Crippen molar-refractivity contribution in [2.24, 2.45) is 0 Å². The van der Waals surface area contributed by atoms with Crippen LogP contribution in [0.25, 0.3) is 0 Å². The molecule has 0 bridgehead atoms. The predicted molar refractivity (Wildman–Crippen MR) is 95.1 cm³/mol. The van der Waals surface area contributed by atoms with Crippen molar-refractivity contribution in [3.05, 3.63) is 23.8 Å². The number of nitrogens with zero attached hydrogens (tertiary/aromatic N) is 2. The lowest BCUT2D eigenvalue weighted by molar-refractivity contribution is 0.165. The van der Waals surface area contributed by atoms with E-state index in [1.807, 2.05) is 19.1 Å². The van der Waals surface area contributed by atoms with Crippen LogP contribution >= 0.6 is 24.8 Å². The summed E-state index contributed by atoms with van der Waals surface area (Å²) in [5, 5.41) is 3.36. The van der Waals surface area contributed by atoms with Gasteiger partial charge >= 0.3 is 6.09 Å². The zero-order valence-electron chi connectivity index (χ0n) is 13.5. The fourth-order valence-corrected chi connectivity index (χ4v) is 2.40. The molecule has 0 saturated heterocycles. The molecular weight excluding hydrogens is 325 g/mol. The van der Waals surface area contributed by atoms with Gasteiger partial charge in [0.1, 0.15) is 0 Å². The quantitative estimate of drug-likeness (QED) is 0.907.